The predicted octanol–water partition coefficient (Wildman–Crippen LogP) is 14.4. The SMILES string of the molecule is C#CCn1sc2ccccc2c1=O.Cc1ccc2c(=O)n(CN3CCN(C(=O)C4CC4)CC3)sc2c1.Cc1ccc2c(c1)C(=O)CS2.Cc1ccc2sn(CN3CCN(C(=O)C4CC4)CC3)c(=O)c2c1.O=c1c2ccccc2on1Cc1ccccc1.O=c1c2ccccc2sn1CN1CCC(N2CCCCC2)CC1.O=c1c2ccccc2sn1CN1CC[C@@H](O)C1. The number of likely N-dealkylation sites (tertiary alicyclic amines) is 3. The number of amides is 2. The van der Waals surface area contributed by atoms with Crippen LogP contribution in [0.2, 0.25) is 0 Å². The fraction of sp³-hybridized carbons (Fsp3) is 0.392. The van der Waals surface area contributed by atoms with Gasteiger partial charge >= 0.3 is 0 Å². The third-order valence-electron chi connectivity index (χ3n) is 24.3. The number of piperidine rings is 2. The molecule has 2 amide bonds. The van der Waals surface area contributed by atoms with E-state index in [4.69, 9.17) is 10.9 Å². The van der Waals surface area contributed by atoms with Crippen molar-refractivity contribution in [1.29, 1.82) is 0 Å². The van der Waals surface area contributed by atoms with E-state index < -0.39 is 0 Å². The summed E-state index contributed by atoms with van der Waals surface area (Å²) >= 11 is 9.20. The summed E-state index contributed by atoms with van der Waals surface area (Å²) in [6.45, 7) is 22.4. The maximum Gasteiger partial charge on any atom is 0.290 e. The fourth-order valence-corrected chi connectivity index (χ4v) is 22.9. The van der Waals surface area contributed by atoms with Crippen LogP contribution in [-0.2, 0) is 49.4 Å². The zero-order valence-corrected chi connectivity index (χ0v) is 76.8. The Morgan fingerprint density at radius 3 is 1.36 bits per heavy atom. The lowest BCUT2D eigenvalue weighted by Gasteiger charge is -2.40. The van der Waals surface area contributed by atoms with Gasteiger partial charge in [-0.2, -0.15) is 4.74 Å². The minimum Gasteiger partial charge on any atom is -0.392 e. The van der Waals surface area contributed by atoms with E-state index in [0.717, 1.165) is 189 Å². The number of hydrogen-bond acceptors (Lipinski definition) is 22. The van der Waals surface area contributed by atoms with Gasteiger partial charge in [0.1, 0.15) is 0 Å². The van der Waals surface area contributed by atoms with Crippen LogP contribution in [0.3, 0.4) is 0 Å². The minimum absolute atomic E-state index is 0.0125. The number of aryl methyl sites for hydroxylation is 3. The van der Waals surface area contributed by atoms with Gasteiger partial charge in [0.25, 0.3) is 33.4 Å². The van der Waals surface area contributed by atoms with Crippen LogP contribution < -0.4 is 33.4 Å². The number of carbonyl (C=O) groups excluding carboxylic acids is 3. The predicted molar refractivity (Wildman–Crippen MR) is 515 cm³/mol. The van der Waals surface area contributed by atoms with Crippen LogP contribution >= 0.6 is 69.4 Å². The molecule has 14 aromatic rings. The Morgan fingerprint density at radius 2 is 0.843 bits per heavy atom. The maximum absolute atomic E-state index is 12.5. The quantitative estimate of drug-likeness (QED) is 0.0995. The second kappa shape index (κ2) is 41.9. The summed E-state index contributed by atoms with van der Waals surface area (Å²) in [5, 5.41) is 14.1. The van der Waals surface area contributed by atoms with Crippen LogP contribution in [0, 0.1) is 45.0 Å². The van der Waals surface area contributed by atoms with Gasteiger partial charge in [-0.25, -0.2) is 15.8 Å². The first kappa shape index (κ1) is 90.1. The highest BCUT2D eigenvalue weighted by atomic mass is 32.2. The molecule has 30 heteroatoms. The summed E-state index contributed by atoms with van der Waals surface area (Å²) in [5.41, 5.74) is 6.44. The zero-order valence-electron chi connectivity index (χ0n) is 71.9. The van der Waals surface area contributed by atoms with Crippen molar-refractivity contribution in [1.82, 2.24) is 58.8 Å². The van der Waals surface area contributed by atoms with Gasteiger partial charge in [0, 0.05) is 107 Å². The summed E-state index contributed by atoms with van der Waals surface area (Å²) < 4.78 is 21.1. The Bertz CT molecular complexity index is 6600. The lowest BCUT2D eigenvalue weighted by atomic mass is 10.0. The van der Waals surface area contributed by atoms with Crippen molar-refractivity contribution < 1.29 is 24.0 Å². The van der Waals surface area contributed by atoms with Crippen LogP contribution in [-0.4, -0.2) is 191 Å². The second-order valence-electron chi connectivity index (χ2n) is 33.8. The summed E-state index contributed by atoms with van der Waals surface area (Å²) in [4.78, 5) is 125. The molecular weight excluding hydrogens is 1720 g/mol. The van der Waals surface area contributed by atoms with E-state index in [1.54, 1.807) is 43.3 Å². The molecule has 2 saturated carbocycles. The van der Waals surface area contributed by atoms with Crippen molar-refractivity contribution in [2.24, 2.45) is 11.8 Å². The molecule has 2 aliphatic carbocycles. The molecule has 7 fully saturated rings. The number of β-amino-alcohol motifs (C(OH)–C–C–N with tert-alkyl or cyclic N) is 1. The molecule has 22 rings (SSSR count). The normalized spacial score (nSPS) is 17.7. The maximum atomic E-state index is 12.5. The molecule has 0 unspecified atom stereocenters. The van der Waals surface area contributed by atoms with Crippen LogP contribution in [0.4, 0.5) is 0 Å². The van der Waals surface area contributed by atoms with E-state index >= 15 is 0 Å². The van der Waals surface area contributed by atoms with Crippen LogP contribution in [0.15, 0.2) is 220 Å². The van der Waals surface area contributed by atoms with E-state index in [1.807, 2.05) is 206 Å². The molecule has 8 aromatic carbocycles. The molecule has 8 aliphatic rings. The number of aliphatic hydroxyl groups excluding tert-OH is 1. The number of carbonyl (C=O) groups is 3. The lowest BCUT2D eigenvalue weighted by Crippen LogP contribution is -2.49. The molecular formula is C97H107N13O11S6. The van der Waals surface area contributed by atoms with E-state index in [9.17, 15) is 48.3 Å². The first-order valence-electron chi connectivity index (χ1n) is 43.9. The number of para-hydroxylation sites is 1. The van der Waals surface area contributed by atoms with Crippen molar-refractivity contribution >= 4 is 148 Å². The number of aromatic nitrogens is 6. The number of ketones is 1. The number of terminal acetylenes is 1. The molecule has 5 saturated heterocycles. The highest BCUT2D eigenvalue weighted by Crippen LogP contribution is 2.35. The number of benzene rings is 8. The number of piperazine rings is 2. The largest absolute Gasteiger partial charge is 0.392 e. The Balaban J connectivity index is 0.000000110. The molecule has 0 radical (unpaired) electrons. The average Bonchev–Trinajstić information content (AvgIpc) is 1.77. The van der Waals surface area contributed by atoms with Gasteiger partial charge < -0.3 is 24.3 Å². The summed E-state index contributed by atoms with van der Waals surface area (Å²) in [7, 11) is 0. The summed E-state index contributed by atoms with van der Waals surface area (Å²) in [6, 6.07) is 59.0. The van der Waals surface area contributed by atoms with Gasteiger partial charge in [0.05, 0.1) is 107 Å². The molecule has 1 N–H and O–H groups in total. The van der Waals surface area contributed by atoms with Gasteiger partial charge in [-0.15, -0.1) is 18.2 Å². The molecule has 1 atom stereocenters. The average molecular weight is 1820 g/mol. The lowest BCUT2D eigenvalue weighted by molar-refractivity contribution is -0.135. The van der Waals surface area contributed by atoms with Crippen molar-refractivity contribution in [2.45, 2.75) is 142 Å². The molecule has 24 nitrogen and oxygen atoms in total. The Morgan fingerprint density at radius 1 is 0.409 bits per heavy atom. The Kier molecular flexibility index (Phi) is 29.7. The summed E-state index contributed by atoms with van der Waals surface area (Å²) in [5.74, 6) is 4.62. The number of fused-ring (bicyclic) bond motifs is 7. The van der Waals surface area contributed by atoms with Crippen LogP contribution in [0.1, 0.15) is 96.8 Å². The second-order valence-corrected chi connectivity index (χ2v) is 40.2. The third-order valence-corrected chi connectivity index (χ3v) is 30.6. The van der Waals surface area contributed by atoms with Gasteiger partial charge in [-0.05, 0) is 188 Å². The highest BCUT2D eigenvalue weighted by Gasteiger charge is 2.37. The number of thioether (sulfide) groups is 1. The topological polar surface area (TPSA) is 239 Å². The summed E-state index contributed by atoms with van der Waals surface area (Å²) in [6.07, 6.45) is 16.6. The molecule has 127 heavy (non-hydrogen) atoms. The smallest absolute Gasteiger partial charge is 0.290 e. The van der Waals surface area contributed by atoms with E-state index in [-0.39, 0.29) is 45.2 Å². The third kappa shape index (κ3) is 22.5. The molecule has 6 aliphatic heterocycles. The van der Waals surface area contributed by atoms with E-state index in [1.165, 1.54) is 107 Å². The first-order valence-corrected chi connectivity index (χ1v) is 48.8. The molecule has 6 aromatic heterocycles. The molecule has 12 heterocycles. The molecule has 0 spiro atoms. The van der Waals surface area contributed by atoms with Gasteiger partial charge in [0.15, 0.2) is 11.4 Å². The number of rotatable bonds is 14. The number of nitrogens with zero attached hydrogens (tertiary/aromatic N) is 13. The number of hydrogen-bond donors (Lipinski definition) is 1. The van der Waals surface area contributed by atoms with E-state index in [2.05, 4.69) is 36.5 Å². The Hall–Kier alpha value is -10.2. The first-order chi connectivity index (χ1) is 61.7. The van der Waals surface area contributed by atoms with Crippen molar-refractivity contribution in [3.63, 3.8) is 0 Å². The van der Waals surface area contributed by atoms with Crippen LogP contribution in [0.5, 0.6) is 0 Å². The van der Waals surface area contributed by atoms with Crippen molar-refractivity contribution in [2.75, 3.05) is 97.4 Å². The molecule has 662 valence electrons. The van der Waals surface area contributed by atoms with Gasteiger partial charge in [-0.3, -0.25) is 66.7 Å². The monoisotopic (exact) mass is 1820 g/mol. The van der Waals surface area contributed by atoms with E-state index in [0.29, 0.717) is 80.0 Å². The van der Waals surface area contributed by atoms with Gasteiger partial charge in [-0.1, -0.05) is 178 Å². The van der Waals surface area contributed by atoms with Crippen LogP contribution in [0.25, 0.3) is 61.4 Å². The number of Topliss-reactive ketones (excluding diaryl/α,β-unsaturated/α-hetero) is 1. The van der Waals surface area contributed by atoms with Crippen molar-refractivity contribution in [3.8, 4) is 12.3 Å². The minimum atomic E-state index is -0.236. The highest BCUT2D eigenvalue weighted by molar-refractivity contribution is 8.00. The number of aliphatic hydroxyl groups is 1. The zero-order chi connectivity index (χ0) is 88.2. The standard InChI is InChI=1S/C18H25N3OS.2C17H21N3O2S.C14H11NO2.C12H14N2O2S.C10H7NOS.C9H8OS/c22-18-16-6-2-3-7-17(16)23-21(18)14-19-12-8-15(9-13-19)20-10-4-1-5-11-20;1-12-2-5-15-14(10-12)17(22)20(23-15)11-18-6-8-19(9-7-18)16(21)13-3-4-13;1-12-2-5-14-15(10-12)23-20(17(14)22)11-18-6-8-19(9-7-18)16(21)13-3-4-13;16-14-12-8-4-5-9-13(12)17-15(14)10-11-6-2-1-3-7-11;15-9-5-6-13(7-9)8-14-12(16)10-3-1-2-4-11(10)17-14;1-2-7-11-10(12)8-5-3-4-6-9(8)13-11;1-6-2-3-9-7(4-6)8(10)5-11-9/h2-3,6-7,15H,1,4-5,8-14H2;2*2,5,10,13H,3-4,6-9,11H2,1H3;1-9H,10H2;1-4,9,15H,5-8H2;1,3-6H,7H2;2-4H,5H2,1H3/t;;;;9-;;/m....1../s1. The Labute approximate surface area is 761 Å². The van der Waals surface area contributed by atoms with Crippen molar-refractivity contribution in [3.05, 3.63) is 272 Å². The van der Waals surface area contributed by atoms with Gasteiger partial charge in [0.2, 0.25) is 11.8 Å². The molecule has 0 bridgehead atoms. The fourth-order valence-electron chi connectivity index (χ4n) is 16.8.